The highest BCUT2D eigenvalue weighted by Gasteiger charge is 2.91. The molecule has 3 heterocycles. The monoisotopic (exact) mass is 390 g/mol. The van der Waals surface area contributed by atoms with Crippen LogP contribution in [0.25, 0.3) is 0 Å². The fourth-order valence-electron chi connectivity index (χ4n) is 7.47. The van der Waals surface area contributed by atoms with Gasteiger partial charge in [0.25, 0.3) is 6.47 Å². The first-order valence-corrected chi connectivity index (χ1v) is 10.3. The van der Waals surface area contributed by atoms with Crippen LogP contribution in [0.1, 0.15) is 46.5 Å². The number of esters is 1. The van der Waals surface area contributed by atoms with Crippen LogP contribution in [0.2, 0.25) is 0 Å². The summed E-state index contributed by atoms with van der Waals surface area (Å²) in [6.07, 6.45) is 1.44. The predicted octanol–water partition coefficient (Wildman–Crippen LogP) is 1.27. The van der Waals surface area contributed by atoms with E-state index >= 15 is 0 Å². The van der Waals surface area contributed by atoms with Crippen molar-refractivity contribution in [2.75, 3.05) is 6.61 Å². The summed E-state index contributed by atoms with van der Waals surface area (Å²) in [5.74, 6) is -0.0541. The van der Waals surface area contributed by atoms with Crippen molar-refractivity contribution in [3.8, 4) is 0 Å². The van der Waals surface area contributed by atoms with Gasteiger partial charge >= 0.3 is 5.97 Å². The van der Waals surface area contributed by atoms with Gasteiger partial charge in [-0.1, -0.05) is 20.8 Å². The van der Waals surface area contributed by atoms with E-state index in [1.54, 1.807) is 0 Å². The predicted molar refractivity (Wildman–Crippen MR) is 94.0 cm³/mol. The molecule has 0 amide bonds. The molecule has 6 aliphatic rings. The third-order valence-corrected chi connectivity index (χ3v) is 9.04. The van der Waals surface area contributed by atoms with E-state index in [0.717, 1.165) is 11.1 Å². The molecule has 1 spiro atoms. The number of rotatable bonds is 3. The van der Waals surface area contributed by atoms with E-state index in [1.165, 1.54) is 0 Å². The Morgan fingerprint density at radius 3 is 2.79 bits per heavy atom. The molecule has 2 saturated heterocycles. The number of hydrogen-bond donors (Lipinski definition) is 1. The molecule has 28 heavy (non-hydrogen) atoms. The van der Waals surface area contributed by atoms with Crippen molar-refractivity contribution >= 4 is 12.4 Å². The summed E-state index contributed by atoms with van der Waals surface area (Å²) in [7, 11) is 0. The van der Waals surface area contributed by atoms with Crippen molar-refractivity contribution in [3.63, 3.8) is 0 Å². The molecular formula is C21H26O7. The van der Waals surface area contributed by atoms with Gasteiger partial charge in [0.2, 0.25) is 0 Å². The van der Waals surface area contributed by atoms with E-state index in [2.05, 4.69) is 20.8 Å². The van der Waals surface area contributed by atoms with Gasteiger partial charge in [-0.25, -0.2) is 4.79 Å². The van der Waals surface area contributed by atoms with Crippen LogP contribution in [-0.2, 0) is 28.5 Å². The van der Waals surface area contributed by atoms with Crippen molar-refractivity contribution in [1.29, 1.82) is 0 Å². The number of hydrogen-bond acceptors (Lipinski definition) is 7. The zero-order valence-electron chi connectivity index (χ0n) is 16.4. The lowest BCUT2D eigenvalue weighted by molar-refractivity contribution is -0.218. The van der Waals surface area contributed by atoms with Crippen LogP contribution in [0.15, 0.2) is 11.1 Å². The highest BCUT2D eigenvalue weighted by atomic mass is 16.7. The Labute approximate surface area is 163 Å². The second-order valence-corrected chi connectivity index (χ2v) is 9.98. The van der Waals surface area contributed by atoms with Crippen LogP contribution in [-0.4, -0.2) is 59.3 Å². The average molecular weight is 390 g/mol. The second-order valence-electron chi connectivity index (χ2n) is 9.98. The Morgan fingerprint density at radius 1 is 1.29 bits per heavy atom. The lowest BCUT2D eigenvalue weighted by Gasteiger charge is -2.60. The van der Waals surface area contributed by atoms with Gasteiger partial charge in [0, 0.05) is 17.4 Å². The van der Waals surface area contributed by atoms with Crippen LogP contribution in [0, 0.1) is 17.3 Å². The zero-order chi connectivity index (χ0) is 19.7. The van der Waals surface area contributed by atoms with Crippen molar-refractivity contribution in [2.45, 2.75) is 81.6 Å². The van der Waals surface area contributed by atoms with Gasteiger partial charge in [0.1, 0.15) is 17.8 Å². The summed E-state index contributed by atoms with van der Waals surface area (Å²) in [5.41, 5.74) is -1.39. The molecule has 6 rings (SSSR count). The number of carbonyl (C=O) groups excluding carboxylic acids is 2. The minimum Gasteiger partial charge on any atom is -0.458 e. The van der Waals surface area contributed by atoms with E-state index in [1.807, 2.05) is 0 Å². The van der Waals surface area contributed by atoms with E-state index in [-0.39, 0.29) is 30.0 Å². The van der Waals surface area contributed by atoms with Gasteiger partial charge in [-0.2, -0.15) is 0 Å². The van der Waals surface area contributed by atoms with E-state index in [4.69, 9.17) is 18.9 Å². The number of aliphatic hydroxyl groups is 1. The normalized spacial score (nSPS) is 55.4. The third kappa shape index (κ3) is 1.56. The molecule has 8 unspecified atom stereocenters. The van der Waals surface area contributed by atoms with Gasteiger partial charge < -0.3 is 24.1 Å². The first kappa shape index (κ1) is 17.4. The maximum Gasteiger partial charge on any atom is 0.334 e. The molecule has 3 aliphatic heterocycles. The Morgan fingerprint density at radius 2 is 2.07 bits per heavy atom. The molecule has 7 nitrogen and oxygen atoms in total. The fourth-order valence-corrected chi connectivity index (χ4v) is 7.47. The highest BCUT2D eigenvalue weighted by Crippen LogP contribution is 2.76. The molecule has 0 radical (unpaired) electrons. The van der Waals surface area contributed by atoms with Crippen molar-refractivity contribution in [2.24, 2.45) is 17.3 Å². The standard InChI is InChI=1S/C21H26O7/c1-10(2)20-15(27-20)7-19(24)18(3)5-4-11-12(8-25-16(11)23)13(18)6-14-21(19,28-14)17(20)26-9-22/h9-10,13-15,17,24H,4-8H2,1-3H3. The minimum atomic E-state index is -1.19. The molecule has 0 aromatic carbocycles. The molecule has 1 N–H and O–H groups in total. The Balaban J connectivity index is 1.48. The summed E-state index contributed by atoms with van der Waals surface area (Å²) < 4.78 is 23.4. The number of ether oxygens (including phenoxy) is 4. The van der Waals surface area contributed by atoms with Crippen LogP contribution in [0.4, 0.5) is 0 Å². The summed E-state index contributed by atoms with van der Waals surface area (Å²) in [4.78, 5) is 23.5. The van der Waals surface area contributed by atoms with Crippen molar-refractivity contribution in [3.05, 3.63) is 11.1 Å². The molecule has 3 aliphatic carbocycles. The molecule has 152 valence electrons. The van der Waals surface area contributed by atoms with Crippen molar-refractivity contribution in [1.82, 2.24) is 0 Å². The largest absolute Gasteiger partial charge is 0.458 e. The molecule has 2 saturated carbocycles. The highest BCUT2D eigenvalue weighted by molar-refractivity contribution is 5.92. The Hall–Kier alpha value is -1.44. The molecular weight excluding hydrogens is 364 g/mol. The molecule has 7 heteroatoms. The second kappa shape index (κ2) is 4.82. The average Bonchev–Trinajstić information content (AvgIpc) is 3.51. The number of fused-ring (bicyclic) bond motifs is 4. The molecule has 8 atom stereocenters. The first-order chi connectivity index (χ1) is 13.3. The van der Waals surface area contributed by atoms with Gasteiger partial charge in [0.05, 0.1) is 12.2 Å². The van der Waals surface area contributed by atoms with Crippen LogP contribution < -0.4 is 0 Å². The minimum absolute atomic E-state index is 0.0236. The Bertz CT molecular complexity index is 835. The maximum atomic E-state index is 12.3. The fraction of sp³-hybridized carbons (Fsp3) is 0.810. The zero-order valence-corrected chi connectivity index (χ0v) is 16.4. The maximum absolute atomic E-state index is 12.3. The van der Waals surface area contributed by atoms with Crippen molar-refractivity contribution < 1.29 is 33.6 Å². The topological polar surface area (TPSA) is 97.9 Å². The van der Waals surface area contributed by atoms with Gasteiger partial charge in [-0.3, -0.25) is 4.79 Å². The Kier molecular flexibility index (Phi) is 3.00. The number of carbonyl (C=O) groups is 2. The van der Waals surface area contributed by atoms with E-state index in [0.29, 0.717) is 38.8 Å². The first-order valence-electron chi connectivity index (χ1n) is 10.3. The van der Waals surface area contributed by atoms with Crippen LogP contribution >= 0.6 is 0 Å². The SMILES string of the molecule is CC(C)C12OC1CC1(O)C3(C)CCC4=C(COC4=O)C3CC3OC31C2OC=O. The quantitative estimate of drug-likeness (QED) is 0.440. The summed E-state index contributed by atoms with van der Waals surface area (Å²) in [5, 5.41) is 12.3. The summed E-state index contributed by atoms with van der Waals surface area (Å²) in [6.45, 7) is 7.01. The van der Waals surface area contributed by atoms with Gasteiger partial charge in [-0.05, 0) is 36.7 Å². The lowest BCUT2D eigenvalue weighted by Crippen LogP contribution is -2.74. The third-order valence-electron chi connectivity index (χ3n) is 9.04. The van der Waals surface area contributed by atoms with E-state index < -0.39 is 28.3 Å². The van der Waals surface area contributed by atoms with Gasteiger partial charge in [0.15, 0.2) is 11.7 Å². The molecule has 0 aromatic rings. The van der Waals surface area contributed by atoms with E-state index in [9.17, 15) is 14.7 Å². The molecule has 4 fully saturated rings. The van der Waals surface area contributed by atoms with Crippen LogP contribution in [0.3, 0.4) is 0 Å². The van der Waals surface area contributed by atoms with Crippen LogP contribution in [0.5, 0.6) is 0 Å². The summed E-state index contributed by atoms with van der Waals surface area (Å²) >= 11 is 0. The number of epoxide rings is 2. The van der Waals surface area contributed by atoms with Gasteiger partial charge in [-0.15, -0.1) is 0 Å². The number of cyclic esters (lactones) is 1. The summed E-state index contributed by atoms with van der Waals surface area (Å²) in [6, 6.07) is 0. The molecule has 0 bridgehead atoms. The smallest absolute Gasteiger partial charge is 0.334 e. The molecule has 0 aromatic heterocycles. The lowest BCUT2D eigenvalue weighted by atomic mass is 9.44.